The first-order valence-corrected chi connectivity index (χ1v) is 14.1. The molecule has 0 saturated heterocycles. The van der Waals surface area contributed by atoms with Crippen molar-refractivity contribution in [2.24, 2.45) is 0 Å². The summed E-state index contributed by atoms with van der Waals surface area (Å²) in [5, 5.41) is 0. The molecule has 0 rings (SSSR count). The van der Waals surface area contributed by atoms with Gasteiger partial charge in [-0.3, -0.25) is 25.8 Å². The maximum Gasteiger partial charge on any atom is 0.560 e. The first kappa shape index (κ1) is 19.4. The van der Waals surface area contributed by atoms with Crippen molar-refractivity contribution in [1.82, 2.24) is 0 Å². The van der Waals surface area contributed by atoms with E-state index in [0.717, 1.165) is 12.8 Å². The monoisotopic (exact) mass is 376 g/mol. The molecule has 90 valence electrons. The second-order valence-electron chi connectivity index (χ2n) is 2.95. The standard InChI is InChI=1S/C8H19O3P.2BrH.Mg/c1-2-3-4-5-6-7-8-11-12(9)10;;;/h9-10H,2-8H2,1H3;2*1H;/q;;;+2/p-2. The van der Waals surface area contributed by atoms with Crippen LogP contribution < -0.4 is 0 Å². The van der Waals surface area contributed by atoms with Gasteiger partial charge >= 0.3 is 24.6 Å². The van der Waals surface area contributed by atoms with Gasteiger partial charge in [-0.05, 0) is 6.42 Å². The van der Waals surface area contributed by atoms with Crippen molar-refractivity contribution in [1.29, 1.82) is 0 Å². The van der Waals surface area contributed by atoms with E-state index in [1.165, 1.54) is 25.7 Å². The van der Waals surface area contributed by atoms with Gasteiger partial charge in [0.2, 0.25) is 0 Å². The van der Waals surface area contributed by atoms with E-state index in [9.17, 15) is 0 Å². The fourth-order valence-electron chi connectivity index (χ4n) is 1.03. The van der Waals surface area contributed by atoms with Gasteiger partial charge in [0, 0.05) is 0 Å². The molecule has 0 radical (unpaired) electrons. The van der Waals surface area contributed by atoms with Gasteiger partial charge in [0.1, 0.15) is 0 Å². The number of unbranched alkanes of at least 4 members (excludes halogenated alkanes) is 5. The predicted octanol–water partition coefficient (Wildman–Crippen LogP) is 3.89. The average Bonchev–Trinajstić information content (AvgIpc) is 2.17. The van der Waals surface area contributed by atoms with Gasteiger partial charge in [0.05, 0.1) is 6.61 Å². The largest absolute Gasteiger partial charge is 0.560 e. The smallest absolute Gasteiger partial charge is 0.328 e. The third-order valence-corrected chi connectivity index (χ3v) is 2.12. The van der Waals surface area contributed by atoms with Crippen molar-refractivity contribution in [3.05, 3.63) is 0 Å². The molecule has 0 spiro atoms. The Labute approximate surface area is 116 Å². The second-order valence-corrected chi connectivity index (χ2v) is 11.8. The van der Waals surface area contributed by atoms with Gasteiger partial charge in [-0.1, -0.05) is 39.0 Å². The zero-order chi connectivity index (χ0) is 11.9. The Morgan fingerprint density at radius 1 is 1.07 bits per heavy atom. The van der Waals surface area contributed by atoms with E-state index in [0.29, 0.717) is 6.61 Å². The molecule has 0 aromatic carbocycles. The first-order valence-electron chi connectivity index (χ1n) is 5.11. The fraction of sp³-hybridized carbons (Fsp3) is 1.00. The first-order chi connectivity index (χ1) is 7.18. The molecule has 0 bridgehead atoms. The minimum Gasteiger partial charge on any atom is -0.328 e. The Balaban J connectivity index is 0. The molecular formula is C8H19Br2MgO3P. The molecular weight excluding hydrogens is 359 g/mol. The normalized spacial score (nSPS) is 9.47. The van der Waals surface area contributed by atoms with Crippen LogP contribution in [0.5, 0.6) is 0 Å². The van der Waals surface area contributed by atoms with E-state index in [1.54, 1.807) is 0 Å². The Morgan fingerprint density at radius 2 is 1.53 bits per heavy atom. The van der Waals surface area contributed by atoms with Crippen molar-refractivity contribution in [2.75, 3.05) is 6.61 Å². The third kappa shape index (κ3) is 25.9. The Hall–Kier alpha value is 2.04. The van der Waals surface area contributed by atoms with Crippen LogP contribution in [0.3, 0.4) is 0 Å². The van der Waals surface area contributed by atoms with E-state index < -0.39 is 8.60 Å². The van der Waals surface area contributed by atoms with Crippen molar-refractivity contribution in [3.8, 4) is 0 Å². The van der Waals surface area contributed by atoms with Crippen LogP contribution in [0, 0.1) is 0 Å². The Bertz CT molecular complexity index is 112. The van der Waals surface area contributed by atoms with Crippen LogP contribution in [0.4, 0.5) is 0 Å². The van der Waals surface area contributed by atoms with E-state index in [2.05, 4.69) is 37.2 Å². The summed E-state index contributed by atoms with van der Waals surface area (Å²) in [5.74, 6) is 0. The molecule has 7 heteroatoms. The molecule has 0 atom stereocenters. The van der Waals surface area contributed by atoms with Crippen LogP contribution in [-0.4, -0.2) is 32.4 Å². The summed E-state index contributed by atoms with van der Waals surface area (Å²) in [7, 11) is -2.13. The van der Waals surface area contributed by atoms with Crippen LogP contribution in [-0.2, 0) is 4.52 Å². The van der Waals surface area contributed by atoms with Crippen LogP contribution >= 0.6 is 34.4 Å². The molecule has 0 saturated carbocycles. The Morgan fingerprint density at radius 3 is 2.00 bits per heavy atom. The van der Waals surface area contributed by atoms with Crippen molar-refractivity contribution in [2.45, 2.75) is 45.4 Å². The minimum atomic E-state index is -2.13. The molecule has 0 aliphatic rings. The minimum absolute atomic E-state index is 0.0417. The predicted molar refractivity (Wildman–Crippen MR) is 74.3 cm³/mol. The van der Waals surface area contributed by atoms with Crippen molar-refractivity contribution >= 4 is 50.4 Å². The number of hydrogen-bond acceptors (Lipinski definition) is 3. The summed E-state index contributed by atoms with van der Waals surface area (Å²) < 4.78 is 4.62. The van der Waals surface area contributed by atoms with Gasteiger partial charge in [0.25, 0.3) is 0 Å². The van der Waals surface area contributed by atoms with Gasteiger partial charge < -0.3 is 14.3 Å². The van der Waals surface area contributed by atoms with Crippen LogP contribution in [0.2, 0.25) is 0 Å². The summed E-state index contributed by atoms with van der Waals surface area (Å²) >= 11 is 6.44. The lowest BCUT2D eigenvalue weighted by atomic mass is 10.1. The molecule has 0 aromatic rings. The van der Waals surface area contributed by atoms with E-state index in [4.69, 9.17) is 9.79 Å². The maximum atomic E-state index is 8.39. The lowest BCUT2D eigenvalue weighted by Crippen LogP contribution is -1.89. The maximum absolute atomic E-state index is 8.39. The summed E-state index contributed by atoms with van der Waals surface area (Å²) in [6, 6.07) is 0. The van der Waals surface area contributed by atoms with Crippen LogP contribution in [0.1, 0.15) is 45.4 Å². The lowest BCUT2D eigenvalue weighted by Gasteiger charge is -2.03. The van der Waals surface area contributed by atoms with Gasteiger partial charge in [-0.2, -0.15) is 0 Å². The molecule has 0 unspecified atom stereocenters. The molecule has 0 aromatic heterocycles. The van der Waals surface area contributed by atoms with Crippen molar-refractivity contribution < 1.29 is 14.3 Å². The SMILES string of the molecule is CCCCCCCCOP(O)O.[Br][Mg][Br]. The highest BCUT2D eigenvalue weighted by molar-refractivity contribution is 9.47. The Kier molecular flexibility index (Phi) is 23.8. The van der Waals surface area contributed by atoms with E-state index in [1.807, 2.05) is 0 Å². The van der Waals surface area contributed by atoms with Gasteiger partial charge in [0.15, 0.2) is 0 Å². The summed E-state index contributed by atoms with van der Waals surface area (Å²) in [6.07, 6.45) is 7.13. The fourth-order valence-corrected chi connectivity index (χ4v) is 1.32. The summed E-state index contributed by atoms with van der Waals surface area (Å²) in [4.78, 5) is 16.8. The highest BCUT2D eigenvalue weighted by Gasteiger charge is 1.97. The highest BCUT2D eigenvalue weighted by Crippen LogP contribution is 2.24. The molecule has 0 aliphatic carbocycles. The van der Waals surface area contributed by atoms with Crippen LogP contribution in [0.25, 0.3) is 0 Å². The van der Waals surface area contributed by atoms with Gasteiger partial charge in [-0.25, -0.2) is 0 Å². The summed E-state index contributed by atoms with van der Waals surface area (Å²) in [6.45, 7) is 2.67. The molecule has 0 aliphatic heterocycles. The van der Waals surface area contributed by atoms with Gasteiger partial charge in [-0.15, -0.1) is 0 Å². The summed E-state index contributed by atoms with van der Waals surface area (Å²) in [5.41, 5.74) is 0. The molecule has 0 fully saturated rings. The highest BCUT2D eigenvalue weighted by atomic mass is 79.9. The second kappa shape index (κ2) is 18.4. The molecule has 0 heterocycles. The average molecular weight is 378 g/mol. The number of hydrogen-bond donors (Lipinski definition) is 2. The topological polar surface area (TPSA) is 49.7 Å². The third-order valence-electron chi connectivity index (χ3n) is 1.70. The zero-order valence-electron chi connectivity index (χ0n) is 9.16. The molecule has 3 nitrogen and oxygen atoms in total. The van der Waals surface area contributed by atoms with Crippen LogP contribution in [0.15, 0.2) is 0 Å². The molecule has 2 N–H and O–H groups in total. The van der Waals surface area contributed by atoms with Crippen molar-refractivity contribution in [3.63, 3.8) is 0 Å². The quantitative estimate of drug-likeness (QED) is 0.383. The van der Waals surface area contributed by atoms with E-state index in [-0.39, 0.29) is 16.0 Å². The van der Waals surface area contributed by atoms with E-state index >= 15 is 0 Å². The number of rotatable bonds is 8. The molecule has 0 amide bonds. The zero-order valence-corrected chi connectivity index (χ0v) is 14.6. The lowest BCUT2D eigenvalue weighted by molar-refractivity contribution is 0.248. The number of halogens is 2. The molecule has 15 heavy (non-hydrogen) atoms.